The van der Waals surface area contributed by atoms with Gasteiger partial charge < -0.3 is 16.0 Å². The number of nitrogens with two attached hydrogens (primary N) is 1. The molecule has 144 valence electrons. The fraction of sp³-hybridized carbons (Fsp3) is 0.556. The molecule has 3 atom stereocenters. The molecule has 1 aromatic carbocycles. The first-order chi connectivity index (χ1) is 12.0. The number of amides is 2. The zero-order chi connectivity index (χ0) is 18.0. The van der Waals surface area contributed by atoms with E-state index in [-0.39, 0.29) is 36.5 Å². The second-order valence-corrected chi connectivity index (χ2v) is 6.95. The van der Waals surface area contributed by atoms with Crippen LogP contribution in [-0.4, -0.2) is 42.4 Å². The normalized spacial score (nSPS) is 24.1. The maximum absolute atomic E-state index is 13.5. The molecule has 2 fully saturated rings. The summed E-state index contributed by atoms with van der Waals surface area (Å²) in [6, 6.07) is 3.02. The highest BCUT2D eigenvalue weighted by Crippen LogP contribution is 2.37. The second-order valence-electron chi connectivity index (χ2n) is 6.95. The van der Waals surface area contributed by atoms with Crippen LogP contribution >= 0.6 is 12.4 Å². The van der Waals surface area contributed by atoms with Crippen LogP contribution in [0.3, 0.4) is 0 Å². The number of carbonyl (C=O) groups is 2. The first-order valence-corrected chi connectivity index (χ1v) is 8.72. The molecular formula is C18H24ClF2N3O2. The molecule has 2 aliphatic rings. The van der Waals surface area contributed by atoms with Crippen LogP contribution in [0.25, 0.3) is 0 Å². The zero-order valence-electron chi connectivity index (χ0n) is 14.4. The van der Waals surface area contributed by atoms with Crippen molar-refractivity contribution in [2.75, 3.05) is 19.6 Å². The third-order valence-corrected chi connectivity index (χ3v) is 5.29. The first-order valence-electron chi connectivity index (χ1n) is 8.72. The quantitative estimate of drug-likeness (QED) is 0.760. The summed E-state index contributed by atoms with van der Waals surface area (Å²) in [6.45, 7) is 1.78. The van der Waals surface area contributed by atoms with Gasteiger partial charge >= 0.3 is 0 Å². The van der Waals surface area contributed by atoms with Gasteiger partial charge in [-0.25, -0.2) is 8.78 Å². The van der Waals surface area contributed by atoms with Crippen molar-refractivity contribution in [2.45, 2.75) is 31.7 Å². The topological polar surface area (TPSA) is 75.4 Å². The molecule has 26 heavy (non-hydrogen) atoms. The summed E-state index contributed by atoms with van der Waals surface area (Å²) in [7, 11) is 0. The van der Waals surface area contributed by atoms with Gasteiger partial charge in [0.25, 0.3) is 5.91 Å². The molecule has 1 heterocycles. The molecule has 0 aromatic heterocycles. The van der Waals surface area contributed by atoms with E-state index in [0.29, 0.717) is 30.7 Å². The fourth-order valence-corrected chi connectivity index (χ4v) is 3.88. The van der Waals surface area contributed by atoms with Crippen LogP contribution in [0.2, 0.25) is 0 Å². The Hall–Kier alpha value is -1.73. The molecule has 1 aromatic rings. The lowest BCUT2D eigenvalue weighted by Gasteiger charge is -2.18. The maximum atomic E-state index is 13.5. The Labute approximate surface area is 157 Å². The average Bonchev–Trinajstić information content (AvgIpc) is 3.13. The summed E-state index contributed by atoms with van der Waals surface area (Å²) >= 11 is 0. The Morgan fingerprint density at radius 1 is 1.23 bits per heavy atom. The first kappa shape index (κ1) is 20.6. The number of fused-ring (bicyclic) bond motifs is 1. The molecule has 2 amide bonds. The lowest BCUT2D eigenvalue weighted by Crippen LogP contribution is -2.34. The minimum Gasteiger partial charge on any atom is -0.352 e. The number of nitrogens with one attached hydrogen (secondary N) is 1. The number of hydrogen-bond acceptors (Lipinski definition) is 3. The second kappa shape index (κ2) is 8.77. The van der Waals surface area contributed by atoms with Crippen molar-refractivity contribution in [3.8, 4) is 0 Å². The summed E-state index contributed by atoms with van der Waals surface area (Å²) in [4.78, 5) is 26.0. The Morgan fingerprint density at radius 2 is 2.00 bits per heavy atom. The van der Waals surface area contributed by atoms with Gasteiger partial charge in [0, 0.05) is 38.2 Å². The highest BCUT2D eigenvalue weighted by molar-refractivity contribution is 5.94. The number of benzene rings is 1. The standard InChI is InChI=1S/C18H23F2N3O2.ClH/c19-12-4-5-13(15(20)8-12)18(25)22-7-1-2-17(24)23-9-11-3-6-16(21)14(11)10-23;/h4-5,8,11,14,16H,1-3,6-7,9-10,21H2,(H,22,25);1H. The molecule has 3 N–H and O–H groups in total. The van der Waals surface area contributed by atoms with Gasteiger partial charge in [-0.3, -0.25) is 9.59 Å². The third-order valence-electron chi connectivity index (χ3n) is 5.29. The van der Waals surface area contributed by atoms with Crippen LogP contribution in [0.5, 0.6) is 0 Å². The van der Waals surface area contributed by atoms with E-state index in [1.165, 1.54) is 0 Å². The molecule has 1 saturated heterocycles. The average molecular weight is 388 g/mol. The molecule has 0 spiro atoms. The summed E-state index contributed by atoms with van der Waals surface area (Å²) in [5.74, 6) is -1.20. The number of halogens is 3. The smallest absolute Gasteiger partial charge is 0.254 e. The van der Waals surface area contributed by atoms with Crippen LogP contribution < -0.4 is 11.1 Å². The van der Waals surface area contributed by atoms with Crippen molar-refractivity contribution in [3.63, 3.8) is 0 Å². The third kappa shape index (κ3) is 4.51. The lowest BCUT2D eigenvalue weighted by molar-refractivity contribution is -0.130. The number of likely N-dealkylation sites (tertiary alicyclic amines) is 1. The maximum Gasteiger partial charge on any atom is 0.254 e. The van der Waals surface area contributed by atoms with E-state index in [4.69, 9.17) is 5.73 Å². The summed E-state index contributed by atoms with van der Waals surface area (Å²) < 4.78 is 26.4. The van der Waals surface area contributed by atoms with Crippen molar-refractivity contribution in [2.24, 2.45) is 17.6 Å². The van der Waals surface area contributed by atoms with Crippen LogP contribution in [-0.2, 0) is 4.79 Å². The van der Waals surface area contributed by atoms with E-state index in [1.807, 2.05) is 4.90 Å². The van der Waals surface area contributed by atoms with Gasteiger partial charge in [-0.1, -0.05) is 0 Å². The Kier molecular flexibility index (Phi) is 6.94. The van der Waals surface area contributed by atoms with E-state index in [9.17, 15) is 18.4 Å². The minimum atomic E-state index is -0.895. The van der Waals surface area contributed by atoms with Gasteiger partial charge in [-0.2, -0.15) is 0 Å². The van der Waals surface area contributed by atoms with Gasteiger partial charge in [0.05, 0.1) is 5.56 Å². The highest BCUT2D eigenvalue weighted by atomic mass is 35.5. The Morgan fingerprint density at radius 3 is 2.69 bits per heavy atom. The van der Waals surface area contributed by atoms with Crippen molar-refractivity contribution in [1.29, 1.82) is 0 Å². The molecule has 8 heteroatoms. The van der Waals surface area contributed by atoms with Gasteiger partial charge in [0.15, 0.2) is 0 Å². The van der Waals surface area contributed by atoms with Gasteiger partial charge in [0.2, 0.25) is 5.91 Å². The number of nitrogens with zero attached hydrogens (tertiary/aromatic N) is 1. The van der Waals surface area contributed by atoms with Gasteiger partial charge in [-0.15, -0.1) is 12.4 Å². The summed E-state index contributed by atoms with van der Waals surface area (Å²) in [6.07, 6.45) is 2.95. The van der Waals surface area contributed by atoms with Crippen LogP contribution in [0.1, 0.15) is 36.0 Å². The molecular weight excluding hydrogens is 364 g/mol. The molecule has 1 aliphatic heterocycles. The van der Waals surface area contributed by atoms with Crippen molar-refractivity contribution >= 4 is 24.2 Å². The molecule has 0 bridgehead atoms. The van der Waals surface area contributed by atoms with E-state index in [2.05, 4.69) is 5.32 Å². The van der Waals surface area contributed by atoms with Crippen LogP contribution in [0, 0.1) is 23.5 Å². The molecule has 5 nitrogen and oxygen atoms in total. The minimum absolute atomic E-state index is 0. The van der Waals surface area contributed by atoms with Crippen molar-refractivity contribution in [1.82, 2.24) is 10.2 Å². The van der Waals surface area contributed by atoms with Gasteiger partial charge in [0.1, 0.15) is 11.6 Å². The molecule has 0 radical (unpaired) electrons. The summed E-state index contributed by atoms with van der Waals surface area (Å²) in [5, 5.41) is 2.56. The lowest BCUT2D eigenvalue weighted by atomic mass is 9.98. The molecule has 3 unspecified atom stereocenters. The predicted octanol–water partition coefficient (Wildman–Crippen LogP) is 2.09. The van der Waals surface area contributed by atoms with Crippen molar-refractivity contribution < 1.29 is 18.4 Å². The predicted molar refractivity (Wildman–Crippen MR) is 95.9 cm³/mol. The van der Waals surface area contributed by atoms with E-state index >= 15 is 0 Å². The Balaban J connectivity index is 0.00000243. The number of rotatable bonds is 5. The van der Waals surface area contributed by atoms with Crippen LogP contribution in [0.15, 0.2) is 18.2 Å². The Bertz CT molecular complexity index is 674. The zero-order valence-corrected chi connectivity index (χ0v) is 15.2. The largest absolute Gasteiger partial charge is 0.352 e. The van der Waals surface area contributed by atoms with Crippen molar-refractivity contribution in [3.05, 3.63) is 35.4 Å². The molecule has 3 rings (SSSR count). The van der Waals surface area contributed by atoms with Gasteiger partial charge in [-0.05, 0) is 43.2 Å². The monoisotopic (exact) mass is 387 g/mol. The van der Waals surface area contributed by atoms with E-state index < -0.39 is 17.5 Å². The van der Waals surface area contributed by atoms with E-state index in [0.717, 1.165) is 38.1 Å². The molecule has 1 aliphatic carbocycles. The van der Waals surface area contributed by atoms with Crippen LogP contribution in [0.4, 0.5) is 8.78 Å². The molecule has 1 saturated carbocycles. The number of hydrogen-bond donors (Lipinski definition) is 2. The SMILES string of the molecule is Cl.NC1CCC2CN(C(=O)CCCNC(=O)c3ccc(F)cc3F)CC12. The highest BCUT2D eigenvalue weighted by Gasteiger charge is 2.42. The number of carbonyl (C=O) groups excluding carboxylic acids is 2. The van der Waals surface area contributed by atoms with E-state index in [1.54, 1.807) is 0 Å². The fourth-order valence-electron chi connectivity index (χ4n) is 3.88. The summed E-state index contributed by atoms with van der Waals surface area (Å²) in [5.41, 5.74) is 5.87.